The average Bonchev–Trinajstić information content (AvgIpc) is 3.37. The molecule has 0 saturated carbocycles. The van der Waals surface area contributed by atoms with Crippen molar-refractivity contribution in [1.82, 2.24) is 24.7 Å². The molecule has 0 aliphatic carbocycles. The Labute approximate surface area is 159 Å². The van der Waals surface area contributed by atoms with Crippen molar-refractivity contribution >= 4 is 5.91 Å². The lowest BCUT2D eigenvalue weighted by molar-refractivity contribution is -0.137. The van der Waals surface area contributed by atoms with Crippen LogP contribution in [0.1, 0.15) is 35.6 Å². The number of ether oxygens (including phenoxy) is 1. The third kappa shape index (κ3) is 4.06. The molecule has 0 radical (unpaired) electrons. The van der Waals surface area contributed by atoms with Crippen molar-refractivity contribution in [3.63, 3.8) is 0 Å². The highest BCUT2D eigenvalue weighted by atomic mass is 16.5. The highest BCUT2D eigenvalue weighted by molar-refractivity contribution is 5.77. The molecule has 8 heteroatoms. The summed E-state index contributed by atoms with van der Waals surface area (Å²) in [5.74, 6) is 0.946. The summed E-state index contributed by atoms with van der Waals surface area (Å²) < 4.78 is 13.3. The molecular weight excluding hydrogens is 346 g/mol. The van der Waals surface area contributed by atoms with Crippen LogP contribution in [0, 0.1) is 13.8 Å². The molecule has 4 rings (SSSR count). The van der Waals surface area contributed by atoms with Gasteiger partial charge in [-0.2, -0.15) is 5.10 Å². The zero-order valence-electron chi connectivity index (χ0n) is 16.1. The largest absolute Gasteiger partial charge is 0.365 e. The Hall–Kier alpha value is -2.19. The molecule has 1 amide bonds. The molecule has 2 aliphatic rings. The Kier molecular flexibility index (Phi) is 5.27. The molecule has 8 nitrogen and oxygen atoms in total. The van der Waals surface area contributed by atoms with E-state index < -0.39 is 0 Å². The first-order valence-electron chi connectivity index (χ1n) is 9.64. The Balaban J connectivity index is 1.44. The van der Waals surface area contributed by atoms with Gasteiger partial charge in [-0.15, -0.1) is 0 Å². The predicted molar refractivity (Wildman–Crippen MR) is 97.9 cm³/mol. The number of aromatic nitrogens is 3. The van der Waals surface area contributed by atoms with Crippen LogP contribution in [0.2, 0.25) is 0 Å². The maximum atomic E-state index is 12.3. The monoisotopic (exact) mass is 373 g/mol. The topological polar surface area (TPSA) is 76.6 Å². The number of likely N-dealkylation sites (tertiary alicyclic amines) is 1. The zero-order valence-corrected chi connectivity index (χ0v) is 16.1. The first-order valence-corrected chi connectivity index (χ1v) is 9.64. The number of aryl methyl sites for hydroxylation is 2. The number of hydrogen-bond donors (Lipinski definition) is 0. The third-order valence-corrected chi connectivity index (χ3v) is 5.49. The minimum atomic E-state index is -0.0850. The fraction of sp³-hybridized carbons (Fsp3) is 0.632. The quantitative estimate of drug-likeness (QED) is 0.791. The second-order valence-electron chi connectivity index (χ2n) is 7.50. The van der Waals surface area contributed by atoms with Crippen molar-refractivity contribution in [2.75, 3.05) is 26.2 Å². The van der Waals surface area contributed by atoms with Crippen LogP contribution in [0.3, 0.4) is 0 Å². The Bertz CT molecular complexity index is 774. The van der Waals surface area contributed by atoms with E-state index >= 15 is 0 Å². The molecule has 1 fully saturated rings. The molecule has 2 aliphatic heterocycles. The molecule has 2 aromatic rings. The van der Waals surface area contributed by atoms with Crippen LogP contribution in [0.5, 0.6) is 0 Å². The van der Waals surface area contributed by atoms with Crippen molar-refractivity contribution < 1.29 is 14.1 Å². The van der Waals surface area contributed by atoms with Gasteiger partial charge in [-0.3, -0.25) is 14.4 Å². The van der Waals surface area contributed by atoms with Crippen molar-refractivity contribution in [3.8, 4) is 0 Å². The Morgan fingerprint density at radius 2 is 2.11 bits per heavy atom. The highest BCUT2D eigenvalue weighted by Gasteiger charge is 2.26. The number of carbonyl (C=O) groups excluding carboxylic acids is 1. The van der Waals surface area contributed by atoms with Crippen LogP contribution >= 0.6 is 0 Å². The van der Waals surface area contributed by atoms with Gasteiger partial charge in [0.05, 0.1) is 24.0 Å². The average molecular weight is 373 g/mol. The van der Waals surface area contributed by atoms with Crippen LogP contribution in [0.4, 0.5) is 0 Å². The van der Waals surface area contributed by atoms with E-state index in [1.807, 2.05) is 35.7 Å². The van der Waals surface area contributed by atoms with Crippen LogP contribution in [0.15, 0.2) is 16.8 Å². The highest BCUT2D eigenvalue weighted by Crippen LogP contribution is 2.20. The van der Waals surface area contributed by atoms with E-state index in [4.69, 9.17) is 9.26 Å². The summed E-state index contributed by atoms with van der Waals surface area (Å²) in [5.41, 5.74) is 3.19. The van der Waals surface area contributed by atoms with E-state index in [1.54, 1.807) is 0 Å². The van der Waals surface area contributed by atoms with Gasteiger partial charge in [-0.25, -0.2) is 0 Å². The van der Waals surface area contributed by atoms with E-state index in [1.165, 1.54) is 0 Å². The van der Waals surface area contributed by atoms with Gasteiger partial charge in [0.25, 0.3) is 0 Å². The molecule has 0 spiro atoms. The van der Waals surface area contributed by atoms with Crippen molar-refractivity contribution in [2.24, 2.45) is 0 Å². The number of carbonyl (C=O) groups is 1. The third-order valence-electron chi connectivity index (χ3n) is 5.49. The lowest BCUT2D eigenvalue weighted by Gasteiger charge is -2.24. The van der Waals surface area contributed by atoms with E-state index in [-0.39, 0.29) is 18.6 Å². The summed E-state index contributed by atoms with van der Waals surface area (Å²) in [6.45, 7) is 8.69. The molecule has 0 aromatic carbocycles. The van der Waals surface area contributed by atoms with Crippen LogP contribution in [-0.4, -0.2) is 63.0 Å². The van der Waals surface area contributed by atoms with Crippen molar-refractivity contribution in [1.29, 1.82) is 0 Å². The van der Waals surface area contributed by atoms with Crippen LogP contribution < -0.4 is 0 Å². The van der Waals surface area contributed by atoms with Gasteiger partial charge >= 0.3 is 0 Å². The first-order chi connectivity index (χ1) is 13.1. The van der Waals surface area contributed by atoms with E-state index in [9.17, 15) is 4.79 Å². The summed E-state index contributed by atoms with van der Waals surface area (Å²) in [6.07, 6.45) is 3.92. The molecule has 0 N–H and O–H groups in total. The molecule has 146 valence electrons. The molecule has 1 unspecified atom stereocenters. The second-order valence-corrected chi connectivity index (χ2v) is 7.50. The van der Waals surface area contributed by atoms with Gasteiger partial charge in [-0.05, 0) is 32.8 Å². The summed E-state index contributed by atoms with van der Waals surface area (Å²) in [5, 5.41) is 8.48. The van der Waals surface area contributed by atoms with Crippen molar-refractivity contribution in [3.05, 3.63) is 35.0 Å². The molecule has 2 aromatic heterocycles. The fourth-order valence-corrected chi connectivity index (χ4v) is 3.92. The molecule has 0 bridgehead atoms. The fourth-order valence-electron chi connectivity index (χ4n) is 3.92. The zero-order chi connectivity index (χ0) is 18.8. The van der Waals surface area contributed by atoms with Gasteiger partial charge in [0, 0.05) is 44.5 Å². The lowest BCUT2D eigenvalue weighted by atomic mass is 10.2. The van der Waals surface area contributed by atoms with Crippen molar-refractivity contribution in [2.45, 2.75) is 52.4 Å². The molecule has 4 heterocycles. The number of amides is 1. The van der Waals surface area contributed by atoms with Crippen LogP contribution in [0.25, 0.3) is 0 Å². The second kappa shape index (κ2) is 7.82. The summed E-state index contributed by atoms with van der Waals surface area (Å²) in [6, 6.07) is 2.04. The smallest absolute Gasteiger partial charge is 0.248 e. The Morgan fingerprint density at radius 1 is 1.30 bits per heavy atom. The summed E-state index contributed by atoms with van der Waals surface area (Å²) in [4.78, 5) is 16.6. The molecular formula is C19H27N5O3. The number of nitrogens with zero attached hydrogens (tertiary/aromatic N) is 5. The van der Waals surface area contributed by atoms with Gasteiger partial charge in [0.2, 0.25) is 5.91 Å². The van der Waals surface area contributed by atoms with Crippen LogP contribution in [-0.2, 0) is 29.2 Å². The van der Waals surface area contributed by atoms with E-state index in [0.29, 0.717) is 6.54 Å². The number of rotatable bonds is 5. The van der Waals surface area contributed by atoms with Gasteiger partial charge in [0.15, 0.2) is 0 Å². The van der Waals surface area contributed by atoms with E-state index in [0.717, 1.165) is 68.3 Å². The summed E-state index contributed by atoms with van der Waals surface area (Å²) >= 11 is 0. The summed E-state index contributed by atoms with van der Waals surface area (Å²) in [7, 11) is 0. The van der Waals surface area contributed by atoms with Gasteiger partial charge < -0.3 is 14.2 Å². The Morgan fingerprint density at radius 3 is 2.85 bits per heavy atom. The standard InChI is InChI=1S/C19H27N5O3/c1-14-18(15(2)27-21-14)12-22-9-16-5-6-20-24(16)11-17(10-22)26-13-19(25)23-7-3-4-8-23/h5-6,17H,3-4,7-13H2,1-2H3. The SMILES string of the molecule is Cc1noc(C)c1CN1Cc2ccnn2CC(OCC(=O)N2CCCC2)C1. The molecule has 1 saturated heterocycles. The van der Waals surface area contributed by atoms with E-state index in [2.05, 4.69) is 15.2 Å². The minimum Gasteiger partial charge on any atom is -0.365 e. The predicted octanol–water partition coefficient (Wildman–Crippen LogP) is 1.51. The number of fused-ring (bicyclic) bond motifs is 1. The van der Waals surface area contributed by atoms with Gasteiger partial charge in [0.1, 0.15) is 12.4 Å². The molecule has 1 atom stereocenters. The normalized spacial score (nSPS) is 20.7. The maximum absolute atomic E-state index is 12.3. The first kappa shape index (κ1) is 18.2. The number of hydrogen-bond acceptors (Lipinski definition) is 6. The minimum absolute atomic E-state index is 0.0850. The molecule has 27 heavy (non-hydrogen) atoms. The maximum Gasteiger partial charge on any atom is 0.248 e. The van der Waals surface area contributed by atoms with Gasteiger partial charge in [-0.1, -0.05) is 5.16 Å². The lowest BCUT2D eigenvalue weighted by Crippen LogP contribution is -2.37.